The molecule has 0 radical (unpaired) electrons. The molecule has 0 saturated carbocycles. The molecule has 0 spiro atoms. The fraction of sp³-hybridized carbons (Fsp3) is 0.357. The van der Waals surface area contributed by atoms with Gasteiger partial charge in [0.05, 0.1) is 0 Å². The van der Waals surface area contributed by atoms with Gasteiger partial charge in [-0.15, -0.1) is 0 Å². The first-order chi connectivity index (χ1) is 7.67. The first-order valence-electron chi connectivity index (χ1n) is 5.81. The maximum atomic E-state index is 12.2. The van der Waals surface area contributed by atoms with Gasteiger partial charge in [-0.25, -0.2) is 0 Å². The topological polar surface area (TPSA) is 32.9 Å². The van der Waals surface area contributed by atoms with Gasteiger partial charge in [-0.05, 0) is 37.5 Å². The smallest absolute Gasteiger partial charge is 0.192 e. The number of rotatable bonds is 2. The van der Waals surface area contributed by atoms with Gasteiger partial charge >= 0.3 is 0 Å². The van der Waals surface area contributed by atoms with E-state index in [1.807, 2.05) is 19.1 Å². The van der Waals surface area contributed by atoms with E-state index in [0.717, 1.165) is 35.0 Å². The molecule has 1 aromatic carbocycles. The molecule has 84 valence electrons. The summed E-state index contributed by atoms with van der Waals surface area (Å²) >= 11 is 0. The van der Waals surface area contributed by atoms with E-state index < -0.39 is 0 Å². The van der Waals surface area contributed by atoms with Crippen molar-refractivity contribution in [2.75, 3.05) is 0 Å². The van der Waals surface area contributed by atoms with Crippen LogP contribution in [0.3, 0.4) is 0 Å². The number of hydrogen-bond acceptors (Lipinski definition) is 1. The van der Waals surface area contributed by atoms with Crippen LogP contribution in [0.25, 0.3) is 10.9 Å². The summed E-state index contributed by atoms with van der Waals surface area (Å²) in [5.74, 6) is 0. The van der Waals surface area contributed by atoms with E-state index >= 15 is 0 Å². The second-order valence-corrected chi connectivity index (χ2v) is 4.14. The first kappa shape index (κ1) is 10.9. The van der Waals surface area contributed by atoms with Gasteiger partial charge in [0.1, 0.15) is 0 Å². The maximum absolute atomic E-state index is 12.2. The van der Waals surface area contributed by atoms with Gasteiger partial charge in [0.15, 0.2) is 5.43 Å². The van der Waals surface area contributed by atoms with Crippen LogP contribution in [0.15, 0.2) is 23.0 Å². The molecular formula is C14H17NO. The van der Waals surface area contributed by atoms with E-state index in [1.54, 1.807) is 0 Å². The van der Waals surface area contributed by atoms with Crippen LogP contribution < -0.4 is 5.43 Å². The average molecular weight is 215 g/mol. The minimum absolute atomic E-state index is 0.168. The predicted molar refractivity (Wildman–Crippen MR) is 68.1 cm³/mol. The lowest BCUT2D eigenvalue weighted by molar-refractivity contribution is 1.02. The lowest BCUT2D eigenvalue weighted by atomic mass is 10.0. The minimum atomic E-state index is 0.168. The molecule has 16 heavy (non-hydrogen) atoms. The van der Waals surface area contributed by atoms with Gasteiger partial charge in [-0.3, -0.25) is 4.79 Å². The Kier molecular flexibility index (Phi) is 2.82. The van der Waals surface area contributed by atoms with Crippen molar-refractivity contribution in [2.24, 2.45) is 0 Å². The second kappa shape index (κ2) is 4.12. The van der Waals surface area contributed by atoms with Crippen molar-refractivity contribution in [1.82, 2.24) is 4.98 Å². The summed E-state index contributed by atoms with van der Waals surface area (Å²) in [7, 11) is 0. The van der Waals surface area contributed by atoms with Crippen molar-refractivity contribution in [3.63, 3.8) is 0 Å². The zero-order valence-electron chi connectivity index (χ0n) is 10.1. The minimum Gasteiger partial charge on any atom is -0.358 e. The van der Waals surface area contributed by atoms with Crippen LogP contribution in [-0.4, -0.2) is 4.98 Å². The molecular weight excluding hydrogens is 198 g/mol. The number of nitrogens with one attached hydrogen (secondary N) is 1. The van der Waals surface area contributed by atoms with Crippen molar-refractivity contribution in [3.8, 4) is 0 Å². The summed E-state index contributed by atoms with van der Waals surface area (Å²) in [4.78, 5) is 15.5. The fourth-order valence-corrected chi connectivity index (χ4v) is 2.06. The van der Waals surface area contributed by atoms with Gasteiger partial charge in [0.25, 0.3) is 0 Å². The molecule has 0 aliphatic rings. The van der Waals surface area contributed by atoms with Crippen LogP contribution in [0.5, 0.6) is 0 Å². The zero-order chi connectivity index (χ0) is 11.7. The van der Waals surface area contributed by atoms with Gasteiger partial charge in [0.2, 0.25) is 0 Å². The van der Waals surface area contributed by atoms with E-state index in [9.17, 15) is 4.79 Å². The van der Waals surface area contributed by atoms with Crippen molar-refractivity contribution < 1.29 is 0 Å². The standard InChI is InChI=1S/C14H17NO/c1-4-10-6-7-13-11(8-10)14(16)9(3)12(5-2)15-13/h6-8H,4-5H2,1-3H3,(H,15,16). The van der Waals surface area contributed by atoms with E-state index in [1.165, 1.54) is 5.56 Å². The molecule has 0 aliphatic carbocycles. The van der Waals surface area contributed by atoms with Crippen LogP contribution in [0.4, 0.5) is 0 Å². The Labute approximate surface area is 95.3 Å². The largest absolute Gasteiger partial charge is 0.358 e. The molecule has 1 aromatic heterocycles. The fourth-order valence-electron chi connectivity index (χ4n) is 2.06. The summed E-state index contributed by atoms with van der Waals surface area (Å²) in [5, 5.41) is 0.814. The summed E-state index contributed by atoms with van der Waals surface area (Å²) < 4.78 is 0. The number of aryl methyl sites for hydroxylation is 2. The quantitative estimate of drug-likeness (QED) is 0.820. The summed E-state index contributed by atoms with van der Waals surface area (Å²) in [6.45, 7) is 6.06. The molecule has 2 rings (SSSR count). The van der Waals surface area contributed by atoms with Crippen molar-refractivity contribution >= 4 is 10.9 Å². The highest BCUT2D eigenvalue weighted by Gasteiger charge is 2.06. The molecule has 0 saturated heterocycles. The Morgan fingerprint density at radius 2 is 1.94 bits per heavy atom. The normalized spacial score (nSPS) is 10.9. The summed E-state index contributed by atoms with van der Waals surface area (Å²) in [6, 6.07) is 6.09. The lowest BCUT2D eigenvalue weighted by Gasteiger charge is -2.07. The number of fused-ring (bicyclic) bond motifs is 1. The molecule has 0 unspecified atom stereocenters. The highest BCUT2D eigenvalue weighted by molar-refractivity contribution is 5.80. The monoisotopic (exact) mass is 215 g/mol. The number of aromatic amines is 1. The highest BCUT2D eigenvalue weighted by atomic mass is 16.1. The molecule has 2 aromatic rings. The third kappa shape index (κ3) is 1.64. The molecule has 1 heterocycles. The summed E-state index contributed by atoms with van der Waals surface area (Å²) in [6.07, 6.45) is 1.83. The third-order valence-corrected chi connectivity index (χ3v) is 3.17. The number of pyridine rings is 1. The Balaban J connectivity index is 2.82. The molecule has 0 fully saturated rings. The third-order valence-electron chi connectivity index (χ3n) is 3.17. The number of hydrogen-bond donors (Lipinski definition) is 1. The summed E-state index contributed by atoms with van der Waals surface area (Å²) in [5.41, 5.74) is 4.22. The van der Waals surface area contributed by atoms with E-state index in [0.29, 0.717) is 0 Å². The van der Waals surface area contributed by atoms with Gasteiger partial charge in [-0.2, -0.15) is 0 Å². The van der Waals surface area contributed by atoms with Crippen molar-refractivity contribution in [2.45, 2.75) is 33.6 Å². The van der Waals surface area contributed by atoms with Crippen LogP contribution in [-0.2, 0) is 12.8 Å². The maximum Gasteiger partial charge on any atom is 0.192 e. The second-order valence-electron chi connectivity index (χ2n) is 4.14. The zero-order valence-corrected chi connectivity index (χ0v) is 10.1. The van der Waals surface area contributed by atoms with Crippen LogP contribution in [0, 0.1) is 6.92 Å². The van der Waals surface area contributed by atoms with Crippen molar-refractivity contribution in [3.05, 3.63) is 45.2 Å². The van der Waals surface area contributed by atoms with Crippen LogP contribution in [0.2, 0.25) is 0 Å². The molecule has 0 atom stereocenters. The molecule has 0 bridgehead atoms. The molecule has 0 aliphatic heterocycles. The predicted octanol–water partition coefficient (Wildman–Crippen LogP) is 2.96. The van der Waals surface area contributed by atoms with Gasteiger partial charge in [-0.1, -0.05) is 19.9 Å². The molecule has 0 amide bonds. The van der Waals surface area contributed by atoms with Gasteiger partial charge < -0.3 is 4.98 Å². The Bertz CT molecular complexity index is 581. The Morgan fingerprint density at radius 3 is 2.56 bits per heavy atom. The average Bonchev–Trinajstić information content (AvgIpc) is 2.33. The number of aromatic nitrogens is 1. The Morgan fingerprint density at radius 1 is 1.19 bits per heavy atom. The number of benzene rings is 1. The lowest BCUT2D eigenvalue weighted by Crippen LogP contribution is -2.11. The number of H-pyrrole nitrogens is 1. The van der Waals surface area contributed by atoms with E-state index in [2.05, 4.69) is 24.9 Å². The van der Waals surface area contributed by atoms with Crippen molar-refractivity contribution in [1.29, 1.82) is 0 Å². The Hall–Kier alpha value is -1.57. The first-order valence-corrected chi connectivity index (χ1v) is 5.81. The molecule has 2 nitrogen and oxygen atoms in total. The molecule has 2 heteroatoms. The van der Waals surface area contributed by atoms with E-state index in [-0.39, 0.29) is 5.43 Å². The SMILES string of the molecule is CCc1ccc2[nH]c(CC)c(C)c(=O)c2c1. The van der Waals surface area contributed by atoms with Crippen LogP contribution >= 0.6 is 0 Å². The van der Waals surface area contributed by atoms with E-state index in [4.69, 9.17) is 0 Å². The van der Waals surface area contributed by atoms with Crippen LogP contribution in [0.1, 0.15) is 30.7 Å². The van der Waals surface area contributed by atoms with Gasteiger partial charge in [0, 0.05) is 22.2 Å². The molecule has 1 N–H and O–H groups in total. The highest BCUT2D eigenvalue weighted by Crippen LogP contribution is 2.14.